The van der Waals surface area contributed by atoms with Crippen molar-refractivity contribution < 1.29 is 18.8 Å². The van der Waals surface area contributed by atoms with Gasteiger partial charge in [0.05, 0.1) is 6.54 Å². The fourth-order valence-corrected chi connectivity index (χ4v) is 4.14. The molecule has 1 aromatic heterocycles. The first-order valence-corrected chi connectivity index (χ1v) is 11.3. The topological polar surface area (TPSA) is 109 Å². The number of carbonyl (C=O) groups is 3. The predicted octanol–water partition coefficient (Wildman–Crippen LogP) is 3.35. The van der Waals surface area contributed by atoms with Gasteiger partial charge in [-0.2, -0.15) is 0 Å². The fourth-order valence-electron chi connectivity index (χ4n) is 4.01. The van der Waals surface area contributed by atoms with E-state index in [1.165, 1.54) is 0 Å². The van der Waals surface area contributed by atoms with Crippen molar-refractivity contribution in [2.45, 2.75) is 37.9 Å². The van der Waals surface area contributed by atoms with E-state index in [9.17, 15) is 14.4 Å². The normalized spacial score (nSPS) is 19.9. The van der Waals surface area contributed by atoms with E-state index < -0.39 is 17.5 Å². The number of aromatic nitrogens is 2. The molecule has 3 aromatic rings. The van der Waals surface area contributed by atoms with Crippen LogP contribution in [0.1, 0.15) is 31.2 Å². The third-order valence-corrected chi connectivity index (χ3v) is 6.34. The lowest BCUT2D eigenvalue weighted by atomic mass is 9.92. The average Bonchev–Trinajstić information content (AvgIpc) is 3.53. The van der Waals surface area contributed by atoms with Gasteiger partial charge in [-0.15, -0.1) is 10.2 Å². The van der Waals surface area contributed by atoms with Crippen LogP contribution in [0.4, 0.5) is 4.79 Å². The van der Waals surface area contributed by atoms with Gasteiger partial charge in [-0.1, -0.05) is 41.9 Å². The van der Waals surface area contributed by atoms with Crippen molar-refractivity contribution in [1.82, 2.24) is 25.3 Å². The minimum Gasteiger partial charge on any atom is -0.419 e. The summed E-state index contributed by atoms with van der Waals surface area (Å²) in [6.07, 6.45) is 1.68. The molecule has 174 valence electrons. The molecule has 2 aromatic carbocycles. The van der Waals surface area contributed by atoms with E-state index in [1.807, 2.05) is 6.07 Å². The van der Waals surface area contributed by atoms with Gasteiger partial charge in [0.15, 0.2) is 0 Å². The monoisotopic (exact) mass is 479 g/mol. The van der Waals surface area contributed by atoms with Crippen LogP contribution in [-0.2, 0) is 21.7 Å². The molecule has 34 heavy (non-hydrogen) atoms. The molecule has 1 saturated carbocycles. The minimum absolute atomic E-state index is 0.0136. The first kappa shape index (κ1) is 22.1. The summed E-state index contributed by atoms with van der Waals surface area (Å²) in [5.74, 6) is -0.218. The fraction of sp³-hybridized carbons (Fsp3) is 0.292. The van der Waals surface area contributed by atoms with E-state index in [2.05, 4.69) is 15.5 Å². The zero-order valence-corrected chi connectivity index (χ0v) is 19.2. The van der Waals surface area contributed by atoms with E-state index in [4.69, 9.17) is 16.0 Å². The van der Waals surface area contributed by atoms with E-state index in [1.54, 1.807) is 60.4 Å². The van der Waals surface area contributed by atoms with Gasteiger partial charge in [0.25, 0.3) is 5.91 Å². The molecule has 9 nitrogen and oxygen atoms in total. The summed E-state index contributed by atoms with van der Waals surface area (Å²) in [5, 5.41) is 11.5. The summed E-state index contributed by atoms with van der Waals surface area (Å²) in [6, 6.07) is 15.4. The Hall–Kier alpha value is -3.72. The van der Waals surface area contributed by atoms with Crippen molar-refractivity contribution >= 4 is 29.4 Å². The number of hydrogen-bond acceptors (Lipinski definition) is 6. The van der Waals surface area contributed by atoms with Crippen LogP contribution in [0.5, 0.6) is 0 Å². The van der Waals surface area contributed by atoms with Gasteiger partial charge in [0.1, 0.15) is 12.1 Å². The summed E-state index contributed by atoms with van der Waals surface area (Å²) in [5.41, 5.74) is 0.151. The molecule has 0 unspecified atom stereocenters. The van der Waals surface area contributed by atoms with E-state index in [-0.39, 0.29) is 30.9 Å². The van der Waals surface area contributed by atoms with E-state index in [0.29, 0.717) is 22.0 Å². The maximum Gasteiger partial charge on any atom is 0.325 e. The highest BCUT2D eigenvalue weighted by Gasteiger charge is 2.50. The molecule has 4 amide bonds. The molecular formula is C24H22ClN5O4. The lowest BCUT2D eigenvalue weighted by molar-refractivity contribution is -0.139. The second-order valence-electron chi connectivity index (χ2n) is 8.57. The quantitative estimate of drug-likeness (QED) is 0.520. The van der Waals surface area contributed by atoms with Crippen molar-refractivity contribution in [3.8, 4) is 11.5 Å². The summed E-state index contributed by atoms with van der Waals surface area (Å²) < 4.78 is 5.75. The Labute approximate surface area is 200 Å². The molecule has 1 saturated heterocycles. The van der Waals surface area contributed by atoms with Gasteiger partial charge in [-0.05, 0) is 49.6 Å². The zero-order valence-electron chi connectivity index (χ0n) is 18.4. The standard InChI is InChI=1S/C24H22ClN5O4/c1-24(16-5-3-2-4-6-16)22(32)30(23(33)26-24)14-20(31)29(18-11-12-18)13-19-27-28-21(34-19)15-7-9-17(25)10-8-15/h2-10,18H,11-14H2,1H3,(H,26,33)/t24-/m1/s1. The maximum atomic E-state index is 13.2. The van der Waals surface area contributed by atoms with Crippen LogP contribution in [0.3, 0.4) is 0 Å². The molecule has 1 N–H and O–H groups in total. The molecule has 1 aliphatic carbocycles. The molecular weight excluding hydrogens is 458 g/mol. The second kappa shape index (κ2) is 8.57. The predicted molar refractivity (Wildman–Crippen MR) is 122 cm³/mol. The van der Waals surface area contributed by atoms with E-state index >= 15 is 0 Å². The molecule has 10 heteroatoms. The number of nitrogens with zero attached hydrogens (tertiary/aromatic N) is 4. The van der Waals surface area contributed by atoms with Gasteiger partial charge in [0, 0.05) is 16.6 Å². The molecule has 0 spiro atoms. The molecule has 1 atom stereocenters. The molecule has 2 heterocycles. The summed E-state index contributed by atoms with van der Waals surface area (Å²) in [7, 11) is 0. The number of urea groups is 1. The minimum atomic E-state index is -1.22. The maximum absolute atomic E-state index is 13.2. The Balaban J connectivity index is 1.30. The lowest BCUT2D eigenvalue weighted by Crippen LogP contribution is -2.45. The van der Waals surface area contributed by atoms with Crippen LogP contribution in [-0.4, -0.2) is 50.4 Å². The number of carbonyl (C=O) groups excluding carboxylic acids is 3. The summed E-state index contributed by atoms with van der Waals surface area (Å²) in [6.45, 7) is 1.38. The highest BCUT2D eigenvalue weighted by Crippen LogP contribution is 2.31. The van der Waals surface area contributed by atoms with Crippen LogP contribution in [0.2, 0.25) is 5.02 Å². The van der Waals surface area contributed by atoms with Crippen molar-refractivity contribution in [3.63, 3.8) is 0 Å². The third-order valence-electron chi connectivity index (χ3n) is 6.09. The first-order chi connectivity index (χ1) is 16.3. The van der Waals surface area contributed by atoms with E-state index in [0.717, 1.165) is 17.7 Å². The number of amides is 4. The van der Waals surface area contributed by atoms with Gasteiger partial charge in [-0.25, -0.2) is 4.79 Å². The Morgan fingerprint density at radius 2 is 1.85 bits per heavy atom. The number of hydrogen-bond donors (Lipinski definition) is 1. The SMILES string of the molecule is C[C@]1(c2ccccc2)NC(=O)N(CC(=O)N(Cc2nnc(-c3ccc(Cl)cc3)o2)C2CC2)C1=O. The highest BCUT2D eigenvalue weighted by molar-refractivity contribution is 6.30. The largest absolute Gasteiger partial charge is 0.419 e. The molecule has 2 aliphatic rings. The average molecular weight is 480 g/mol. The van der Waals surface area contributed by atoms with Gasteiger partial charge >= 0.3 is 6.03 Å². The van der Waals surface area contributed by atoms with Crippen molar-refractivity contribution in [2.75, 3.05) is 6.54 Å². The van der Waals surface area contributed by atoms with Crippen LogP contribution >= 0.6 is 11.6 Å². The Morgan fingerprint density at radius 1 is 1.15 bits per heavy atom. The van der Waals surface area contributed by atoms with Crippen molar-refractivity contribution in [3.05, 3.63) is 71.1 Å². The lowest BCUT2D eigenvalue weighted by Gasteiger charge is -2.24. The van der Waals surface area contributed by atoms with Crippen LogP contribution < -0.4 is 5.32 Å². The van der Waals surface area contributed by atoms with Crippen molar-refractivity contribution in [2.24, 2.45) is 0 Å². The Kier molecular flexibility index (Phi) is 5.57. The summed E-state index contributed by atoms with van der Waals surface area (Å²) in [4.78, 5) is 41.5. The van der Waals surface area contributed by atoms with Gasteiger partial charge in [0.2, 0.25) is 17.7 Å². The number of nitrogens with one attached hydrogen (secondary N) is 1. The van der Waals surface area contributed by atoms with Gasteiger partial charge in [-0.3, -0.25) is 14.5 Å². The number of rotatable bonds is 7. The molecule has 5 rings (SSSR count). The molecule has 0 radical (unpaired) electrons. The number of imide groups is 1. The first-order valence-electron chi connectivity index (χ1n) is 10.9. The number of halogens is 1. The third kappa shape index (κ3) is 4.14. The van der Waals surface area contributed by atoms with Crippen LogP contribution in [0, 0.1) is 0 Å². The summed E-state index contributed by atoms with van der Waals surface area (Å²) >= 11 is 5.93. The molecule has 0 bridgehead atoms. The van der Waals surface area contributed by atoms with Crippen LogP contribution in [0.15, 0.2) is 59.0 Å². The molecule has 1 aliphatic heterocycles. The Bertz CT molecular complexity index is 1240. The smallest absolute Gasteiger partial charge is 0.325 e. The van der Waals surface area contributed by atoms with Crippen molar-refractivity contribution in [1.29, 1.82) is 0 Å². The Morgan fingerprint density at radius 3 is 2.53 bits per heavy atom. The van der Waals surface area contributed by atoms with Gasteiger partial charge < -0.3 is 14.6 Å². The van der Waals surface area contributed by atoms with Crippen LogP contribution in [0.25, 0.3) is 11.5 Å². The zero-order chi connectivity index (χ0) is 23.9. The molecule has 2 fully saturated rings. The second-order valence-corrected chi connectivity index (χ2v) is 9.01. The highest BCUT2D eigenvalue weighted by atomic mass is 35.5. The number of benzene rings is 2.